The minimum atomic E-state index is 0.119. The fourth-order valence-electron chi connectivity index (χ4n) is 1.67. The molecule has 0 saturated carbocycles. The van der Waals surface area contributed by atoms with Gasteiger partial charge in [-0.1, -0.05) is 40.2 Å². The minimum Gasteiger partial charge on any atom is -0.468 e. The molecule has 1 aromatic carbocycles. The molecule has 1 aromatic heterocycles. The van der Waals surface area contributed by atoms with Crippen molar-refractivity contribution in [1.82, 2.24) is 0 Å². The van der Waals surface area contributed by atoms with Crippen molar-refractivity contribution in [2.24, 2.45) is 0 Å². The molecule has 0 amide bonds. The van der Waals surface area contributed by atoms with E-state index in [-0.39, 0.29) is 4.83 Å². The second-order valence-corrected chi connectivity index (χ2v) is 4.78. The highest BCUT2D eigenvalue weighted by atomic mass is 79.9. The third-order valence-corrected chi connectivity index (χ3v) is 3.64. The normalized spacial score (nSPS) is 12.6. The molecule has 0 spiro atoms. The van der Waals surface area contributed by atoms with Gasteiger partial charge in [0.2, 0.25) is 0 Å². The molecule has 2 rings (SSSR count). The second-order valence-electron chi connectivity index (χ2n) is 3.86. The molecule has 1 heterocycles. The van der Waals surface area contributed by atoms with Crippen LogP contribution in [-0.4, -0.2) is 13.7 Å². The summed E-state index contributed by atoms with van der Waals surface area (Å²) >= 11 is 3.63. The average molecular weight is 295 g/mol. The SMILES string of the molecule is COCCc1ccc(C(Br)c2ccco2)cc1. The van der Waals surface area contributed by atoms with Crippen LogP contribution < -0.4 is 0 Å². The largest absolute Gasteiger partial charge is 0.468 e. The van der Waals surface area contributed by atoms with Gasteiger partial charge in [0, 0.05) is 7.11 Å². The van der Waals surface area contributed by atoms with Crippen LogP contribution >= 0.6 is 15.9 Å². The summed E-state index contributed by atoms with van der Waals surface area (Å²) in [4.78, 5) is 0.119. The van der Waals surface area contributed by atoms with Gasteiger partial charge in [0.25, 0.3) is 0 Å². The molecule has 2 aromatic rings. The van der Waals surface area contributed by atoms with E-state index in [2.05, 4.69) is 40.2 Å². The van der Waals surface area contributed by atoms with Crippen molar-refractivity contribution in [2.75, 3.05) is 13.7 Å². The third-order valence-electron chi connectivity index (χ3n) is 2.66. The molecular formula is C14H15BrO2. The molecule has 1 atom stereocenters. The van der Waals surface area contributed by atoms with Gasteiger partial charge in [0.05, 0.1) is 17.7 Å². The second kappa shape index (κ2) is 6.03. The van der Waals surface area contributed by atoms with Crippen LogP contribution in [0.1, 0.15) is 21.7 Å². The summed E-state index contributed by atoms with van der Waals surface area (Å²) in [5, 5.41) is 0. The first-order valence-corrected chi connectivity index (χ1v) is 6.48. The van der Waals surface area contributed by atoms with Crippen LogP contribution in [0.15, 0.2) is 47.1 Å². The summed E-state index contributed by atoms with van der Waals surface area (Å²) in [6.07, 6.45) is 2.64. The fraction of sp³-hybridized carbons (Fsp3) is 0.286. The zero-order chi connectivity index (χ0) is 12.1. The van der Waals surface area contributed by atoms with Gasteiger partial charge < -0.3 is 9.15 Å². The molecule has 0 N–H and O–H groups in total. The van der Waals surface area contributed by atoms with E-state index in [1.807, 2.05) is 12.1 Å². The highest BCUT2D eigenvalue weighted by Gasteiger charge is 2.12. The summed E-state index contributed by atoms with van der Waals surface area (Å²) < 4.78 is 10.4. The number of methoxy groups -OCH3 is 1. The molecule has 0 aliphatic rings. The van der Waals surface area contributed by atoms with E-state index in [0.717, 1.165) is 18.8 Å². The molecule has 90 valence electrons. The molecule has 3 heteroatoms. The van der Waals surface area contributed by atoms with E-state index in [9.17, 15) is 0 Å². The van der Waals surface area contributed by atoms with Crippen LogP contribution in [0.25, 0.3) is 0 Å². The number of ether oxygens (including phenoxy) is 1. The van der Waals surface area contributed by atoms with Crippen LogP contribution in [0.4, 0.5) is 0 Å². The Morgan fingerprint density at radius 2 is 2.00 bits per heavy atom. The number of alkyl halides is 1. The van der Waals surface area contributed by atoms with Gasteiger partial charge in [-0.25, -0.2) is 0 Å². The smallest absolute Gasteiger partial charge is 0.121 e. The summed E-state index contributed by atoms with van der Waals surface area (Å²) in [6, 6.07) is 12.4. The first kappa shape index (κ1) is 12.4. The zero-order valence-electron chi connectivity index (χ0n) is 9.73. The van der Waals surface area contributed by atoms with E-state index in [0.29, 0.717) is 0 Å². The van der Waals surface area contributed by atoms with Gasteiger partial charge in [0.1, 0.15) is 5.76 Å². The molecule has 2 nitrogen and oxygen atoms in total. The lowest BCUT2D eigenvalue weighted by Gasteiger charge is -2.08. The molecule has 0 fully saturated rings. The number of furan rings is 1. The zero-order valence-corrected chi connectivity index (χ0v) is 11.3. The Labute approximate surface area is 110 Å². The van der Waals surface area contributed by atoms with E-state index < -0.39 is 0 Å². The number of benzene rings is 1. The minimum absolute atomic E-state index is 0.119. The Hall–Kier alpha value is -1.06. The Balaban J connectivity index is 2.07. The van der Waals surface area contributed by atoms with E-state index in [1.54, 1.807) is 13.4 Å². The van der Waals surface area contributed by atoms with Gasteiger partial charge in [-0.05, 0) is 29.7 Å². The van der Waals surface area contributed by atoms with Gasteiger partial charge in [-0.15, -0.1) is 0 Å². The molecule has 1 unspecified atom stereocenters. The Bertz CT molecular complexity index is 434. The van der Waals surface area contributed by atoms with Crippen LogP contribution in [0.2, 0.25) is 0 Å². The maximum Gasteiger partial charge on any atom is 0.121 e. The predicted molar refractivity (Wildman–Crippen MR) is 71.5 cm³/mol. The summed E-state index contributed by atoms with van der Waals surface area (Å²) in [6.45, 7) is 0.759. The summed E-state index contributed by atoms with van der Waals surface area (Å²) in [5.41, 5.74) is 2.48. The quantitative estimate of drug-likeness (QED) is 0.779. The lowest BCUT2D eigenvalue weighted by atomic mass is 10.1. The first-order chi connectivity index (χ1) is 8.31. The lowest BCUT2D eigenvalue weighted by molar-refractivity contribution is 0.202. The third kappa shape index (κ3) is 3.20. The number of rotatable bonds is 5. The van der Waals surface area contributed by atoms with Crippen molar-refractivity contribution < 1.29 is 9.15 Å². The van der Waals surface area contributed by atoms with Gasteiger partial charge in [-0.3, -0.25) is 0 Å². The summed E-state index contributed by atoms with van der Waals surface area (Å²) in [7, 11) is 1.72. The van der Waals surface area contributed by atoms with Crippen molar-refractivity contribution in [3.8, 4) is 0 Å². The predicted octanol–water partition coefficient (Wildman–Crippen LogP) is 3.95. The van der Waals surface area contributed by atoms with Crippen LogP contribution in [-0.2, 0) is 11.2 Å². The monoisotopic (exact) mass is 294 g/mol. The molecule has 0 saturated heterocycles. The molecule has 0 aliphatic heterocycles. The van der Waals surface area contributed by atoms with Crippen molar-refractivity contribution >= 4 is 15.9 Å². The maximum atomic E-state index is 5.38. The van der Waals surface area contributed by atoms with Crippen molar-refractivity contribution in [3.63, 3.8) is 0 Å². The van der Waals surface area contributed by atoms with Crippen LogP contribution in [0.3, 0.4) is 0 Å². The Morgan fingerprint density at radius 3 is 2.59 bits per heavy atom. The van der Waals surface area contributed by atoms with Gasteiger partial charge >= 0.3 is 0 Å². The highest BCUT2D eigenvalue weighted by Crippen LogP contribution is 2.30. The highest BCUT2D eigenvalue weighted by molar-refractivity contribution is 9.09. The molecular weight excluding hydrogens is 280 g/mol. The number of hydrogen-bond acceptors (Lipinski definition) is 2. The van der Waals surface area contributed by atoms with Crippen LogP contribution in [0, 0.1) is 0 Å². The van der Waals surface area contributed by atoms with Crippen molar-refractivity contribution in [3.05, 3.63) is 59.5 Å². The molecule has 17 heavy (non-hydrogen) atoms. The molecule has 0 aliphatic carbocycles. The van der Waals surface area contributed by atoms with Gasteiger partial charge in [-0.2, -0.15) is 0 Å². The lowest BCUT2D eigenvalue weighted by Crippen LogP contribution is -1.95. The Morgan fingerprint density at radius 1 is 1.24 bits per heavy atom. The van der Waals surface area contributed by atoms with E-state index in [1.165, 1.54) is 11.1 Å². The van der Waals surface area contributed by atoms with Gasteiger partial charge in [0.15, 0.2) is 0 Å². The number of halogens is 1. The average Bonchev–Trinajstić information content (AvgIpc) is 2.90. The summed E-state index contributed by atoms with van der Waals surface area (Å²) in [5.74, 6) is 0.926. The number of hydrogen-bond donors (Lipinski definition) is 0. The fourth-order valence-corrected chi connectivity index (χ4v) is 2.24. The molecule has 0 radical (unpaired) electrons. The van der Waals surface area contributed by atoms with Crippen molar-refractivity contribution in [2.45, 2.75) is 11.2 Å². The topological polar surface area (TPSA) is 22.4 Å². The first-order valence-electron chi connectivity index (χ1n) is 5.56. The molecule has 0 bridgehead atoms. The maximum absolute atomic E-state index is 5.38. The standard InChI is InChI=1S/C14H15BrO2/c1-16-10-8-11-4-6-12(7-5-11)14(15)13-3-2-9-17-13/h2-7,9,14H,8,10H2,1H3. The van der Waals surface area contributed by atoms with Crippen molar-refractivity contribution in [1.29, 1.82) is 0 Å². The Kier molecular flexibility index (Phi) is 4.40. The van der Waals surface area contributed by atoms with E-state index in [4.69, 9.17) is 9.15 Å². The van der Waals surface area contributed by atoms with Crippen LogP contribution in [0.5, 0.6) is 0 Å². The van der Waals surface area contributed by atoms with E-state index >= 15 is 0 Å².